The average molecular weight is 339 g/mol. The number of rotatable bonds is 2. The monoisotopic (exact) mass is 338 g/mol. The molecule has 1 N–H and O–H groups in total. The molecule has 0 saturated carbocycles. The van der Waals surface area contributed by atoms with Gasteiger partial charge in [0, 0.05) is 36.1 Å². The molecule has 0 unspecified atom stereocenters. The van der Waals surface area contributed by atoms with Gasteiger partial charge in [-0.25, -0.2) is 0 Å². The molecule has 2 amide bonds. The average Bonchev–Trinajstić information content (AvgIpc) is 2.41. The third kappa shape index (κ3) is 3.60. The minimum atomic E-state index is -0.00156. The van der Waals surface area contributed by atoms with E-state index in [0.29, 0.717) is 13.1 Å². The number of piperidine rings is 1. The Hall–Kier alpha value is -1.36. The molecule has 5 heteroatoms. The highest BCUT2D eigenvalue weighted by Gasteiger charge is 2.24. The lowest BCUT2D eigenvalue weighted by Gasteiger charge is -2.32. The third-order valence-electron chi connectivity index (χ3n) is 3.59. The number of carbonyl (C=O) groups excluding carboxylic acids is 2. The van der Waals surface area contributed by atoms with E-state index < -0.39 is 0 Å². The van der Waals surface area contributed by atoms with Crippen molar-refractivity contribution in [2.45, 2.75) is 32.7 Å². The maximum absolute atomic E-state index is 12.4. The van der Waals surface area contributed by atoms with E-state index in [4.69, 9.17) is 0 Å². The van der Waals surface area contributed by atoms with Crippen LogP contribution in [0.25, 0.3) is 0 Å². The Balaban J connectivity index is 1.97. The molecule has 4 nitrogen and oxygen atoms in total. The molecule has 0 bridgehead atoms. The third-order valence-corrected chi connectivity index (χ3v) is 4.48. The number of halogens is 1. The van der Waals surface area contributed by atoms with E-state index in [1.165, 1.54) is 6.92 Å². The van der Waals surface area contributed by atoms with Gasteiger partial charge >= 0.3 is 0 Å². The normalized spacial score (nSPS) is 16.1. The second-order valence-electron chi connectivity index (χ2n) is 5.23. The SMILES string of the molecule is CC(=O)NC1CCN(C(=O)c2ccc(Br)c(C)c2)CC1. The molecule has 0 spiro atoms. The van der Waals surface area contributed by atoms with Crippen molar-refractivity contribution in [2.75, 3.05) is 13.1 Å². The first kappa shape index (κ1) is 15.0. The van der Waals surface area contributed by atoms with Crippen LogP contribution in [0.2, 0.25) is 0 Å². The van der Waals surface area contributed by atoms with Crippen LogP contribution in [0.5, 0.6) is 0 Å². The number of likely N-dealkylation sites (tertiary alicyclic amines) is 1. The molecule has 0 atom stereocenters. The number of nitrogens with zero attached hydrogens (tertiary/aromatic N) is 1. The van der Waals surface area contributed by atoms with Crippen LogP contribution in [0.1, 0.15) is 35.7 Å². The van der Waals surface area contributed by atoms with Crippen molar-refractivity contribution in [1.82, 2.24) is 10.2 Å². The van der Waals surface area contributed by atoms with Gasteiger partial charge in [0.1, 0.15) is 0 Å². The summed E-state index contributed by atoms with van der Waals surface area (Å²) >= 11 is 3.44. The van der Waals surface area contributed by atoms with Gasteiger partial charge in [0.25, 0.3) is 5.91 Å². The fourth-order valence-electron chi connectivity index (χ4n) is 2.47. The maximum Gasteiger partial charge on any atom is 0.253 e. The molecule has 1 fully saturated rings. The second-order valence-corrected chi connectivity index (χ2v) is 6.09. The Morgan fingerprint density at radius 1 is 1.30 bits per heavy atom. The van der Waals surface area contributed by atoms with Crippen molar-refractivity contribution in [3.05, 3.63) is 33.8 Å². The van der Waals surface area contributed by atoms with Gasteiger partial charge in [0.05, 0.1) is 0 Å². The molecule has 1 saturated heterocycles. The van der Waals surface area contributed by atoms with Gasteiger partial charge in [0.2, 0.25) is 5.91 Å². The van der Waals surface area contributed by atoms with Crippen LogP contribution in [0.4, 0.5) is 0 Å². The van der Waals surface area contributed by atoms with Gasteiger partial charge in [-0.1, -0.05) is 15.9 Å². The van der Waals surface area contributed by atoms with Crippen LogP contribution >= 0.6 is 15.9 Å². The minimum Gasteiger partial charge on any atom is -0.353 e. The maximum atomic E-state index is 12.4. The zero-order chi connectivity index (χ0) is 14.7. The molecule has 0 aliphatic carbocycles. The predicted molar refractivity (Wildman–Crippen MR) is 81.6 cm³/mol. The first-order valence-electron chi connectivity index (χ1n) is 6.80. The molecule has 20 heavy (non-hydrogen) atoms. The van der Waals surface area contributed by atoms with Crippen molar-refractivity contribution in [1.29, 1.82) is 0 Å². The van der Waals surface area contributed by atoms with Crippen LogP contribution in [0.3, 0.4) is 0 Å². The number of amides is 2. The Bertz CT molecular complexity index is 523. The fourth-order valence-corrected chi connectivity index (χ4v) is 2.72. The fraction of sp³-hybridized carbons (Fsp3) is 0.467. The number of hydrogen-bond acceptors (Lipinski definition) is 2. The molecule has 108 valence electrons. The van der Waals surface area contributed by atoms with Gasteiger partial charge in [0.15, 0.2) is 0 Å². The highest BCUT2D eigenvalue weighted by molar-refractivity contribution is 9.10. The lowest BCUT2D eigenvalue weighted by molar-refractivity contribution is -0.119. The van der Waals surface area contributed by atoms with Crippen molar-refractivity contribution in [2.24, 2.45) is 0 Å². The first-order valence-corrected chi connectivity index (χ1v) is 7.59. The Labute approximate surface area is 127 Å². The van der Waals surface area contributed by atoms with Crippen molar-refractivity contribution < 1.29 is 9.59 Å². The topological polar surface area (TPSA) is 49.4 Å². The zero-order valence-electron chi connectivity index (χ0n) is 11.8. The lowest BCUT2D eigenvalue weighted by Crippen LogP contribution is -2.46. The zero-order valence-corrected chi connectivity index (χ0v) is 13.4. The van der Waals surface area contributed by atoms with E-state index >= 15 is 0 Å². The van der Waals surface area contributed by atoms with Gasteiger partial charge in [-0.05, 0) is 43.5 Å². The Morgan fingerprint density at radius 2 is 1.95 bits per heavy atom. The molecule has 2 rings (SSSR count). The van der Waals surface area contributed by atoms with Crippen LogP contribution < -0.4 is 5.32 Å². The molecule has 0 aromatic heterocycles. The quantitative estimate of drug-likeness (QED) is 0.900. The van der Waals surface area contributed by atoms with Crippen LogP contribution in [-0.4, -0.2) is 35.8 Å². The minimum absolute atomic E-state index is 0.00156. The van der Waals surface area contributed by atoms with E-state index in [-0.39, 0.29) is 17.9 Å². The van der Waals surface area contributed by atoms with Crippen molar-refractivity contribution in [3.8, 4) is 0 Å². The Morgan fingerprint density at radius 3 is 2.50 bits per heavy atom. The van der Waals surface area contributed by atoms with Crippen molar-refractivity contribution >= 4 is 27.7 Å². The largest absolute Gasteiger partial charge is 0.353 e. The molecule has 1 heterocycles. The van der Waals surface area contributed by atoms with Gasteiger partial charge in [-0.2, -0.15) is 0 Å². The van der Waals surface area contributed by atoms with Gasteiger partial charge < -0.3 is 10.2 Å². The second kappa shape index (κ2) is 6.39. The number of carbonyl (C=O) groups is 2. The van der Waals surface area contributed by atoms with Crippen LogP contribution in [0, 0.1) is 6.92 Å². The Kier molecular flexibility index (Phi) is 4.81. The number of nitrogens with one attached hydrogen (secondary N) is 1. The van der Waals surface area contributed by atoms with Crippen molar-refractivity contribution in [3.63, 3.8) is 0 Å². The summed E-state index contributed by atoms with van der Waals surface area (Å²) in [7, 11) is 0. The predicted octanol–water partition coefficient (Wildman–Crippen LogP) is 2.50. The molecule has 1 aliphatic heterocycles. The smallest absolute Gasteiger partial charge is 0.253 e. The number of aryl methyl sites for hydroxylation is 1. The standard InChI is InChI=1S/C15H19BrN2O2/c1-10-9-12(3-4-14(10)16)15(20)18-7-5-13(6-8-18)17-11(2)19/h3-4,9,13H,5-8H2,1-2H3,(H,17,19). The van der Waals surface area contributed by atoms with Crippen LogP contribution in [-0.2, 0) is 4.79 Å². The summed E-state index contributed by atoms with van der Waals surface area (Å²) < 4.78 is 1.01. The molecule has 1 aromatic carbocycles. The van der Waals surface area contributed by atoms with Gasteiger partial charge in [-0.15, -0.1) is 0 Å². The molecule has 0 radical (unpaired) electrons. The summed E-state index contributed by atoms with van der Waals surface area (Å²) in [6.07, 6.45) is 1.64. The highest BCUT2D eigenvalue weighted by atomic mass is 79.9. The molecular weight excluding hydrogens is 320 g/mol. The summed E-state index contributed by atoms with van der Waals surface area (Å²) in [5.41, 5.74) is 1.78. The molecule has 1 aliphatic rings. The van der Waals surface area contributed by atoms with E-state index in [0.717, 1.165) is 28.4 Å². The first-order chi connectivity index (χ1) is 9.47. The van der Waals surface area contributed by atoms with Crippen LogP contribution in [0.15, 0.2) is 22.7 Å². The summed E-state index contributed by atoms with van der Waals surface area (Å²) in [6, 6.07) is 5.86. The summed E-state index contributed by atoms with van der Waals surface area (Å²) in [6.45, 7) is 4.89. The molecule has 1 aromatic rings. The van der Waals surface area contributed by atoms with E-state index in [9.17, 15) is 9.59 Å². The van der Waals surface area contributed by atoms with E-state index in [1.807, 2.05) is 30.0 Å². The van der Waals surface area contributed by atoms with E-state index in [1.54, 1.807) is 0 Å². The number of benzene rings is 1. The number of hydrogen-bond donors (Lipinski definition) is 1. The summed E-state index contributed by atoms with van der Waals surface area (Å²) in [5, 5.41) is 2.91. The van der Waals surface area contributed by atoms with Gasteiger partial charge in [-0.3, -0.25) is 9.59 Å². The lowest BCUT2D eigenvalue weighted by atomic mass is 10.0. The molecular formula is C15H19BrN2O2. The summed E-state index contributed by atoms with van der Waals surface area (Å²) in [4.78, 5) is 25.3. The highest BCUT2D eigenvalue weighted by Crippen LogP contribution is 2.19. The van der Waals surface area contributed by atoms with E-state index in [2.05, 4.69) is 21.2 Å². The summed E-state index contributed by atoms with van der Waals surface area (Å²) in [5.74, 6) is 0.0696.